The van der Waals surface area contributed by atoms with E-state index in [0.29, 0.717) is 0 Å². The fourth-order valence-corrected chi connectivity index (χ4v) is 7.54. The third-order valence-electron chi connectivity index (χ3n) is 5.35. The maximum absolute atomic E-state index is 9.75. The lowest BCUT2D eigenvalue weighted by Gasteiger charge is -2.23. The summed E-state index contributed by atoms with van der Waals surface area (Å²) in [5, 5.41) is 19.5. The molecule has 2 N–H and O–H groups in total. The van der Waals surface area contributed by atoms with Gasteiger partial charge in [-0.3, -0.25) is 0 Å². The van der Waals surface area contributed by atoms with Crippen LogP contribution in [0.2, 0.25) is 0 Å². The van der Waals surface area contributed by atoms with Gasteiger partial charge in [-0.15, -0.1) is 0 Å². The molecule has 0 fully saturated rings. The second-order valence-electron chi connectivity index (χ2n) is 7.85. The zero-order valence-corrected chi connectivity index (χ0v) is 21.3. The van der Waals surface area contributed by atoms with Crippen LogP contribution in [0.15, 0.2) is 162 Å². The fourth-order valence-electron chi connectivity index (χ4n) is 3.65. The highest BCUT2D eigenvalue weighted by Crippen LogP contribution is 2.52. The van der Waals surface area contributed by atoms with Crippen molar-refractivity contribution in [2.24, 2.45) is 0 Å². The van der Waals surface area contributed by atoms with Gasteiger partial charge in [0.2, 0.25) is 0 Å². The number of rotatable bonds is 7. The first-order valence-electron chi connectivity index (χ1n) is 11.1. The van der Waals surface area contributed by atoms with Gasteiger partial charge in [0.05, 0.1) is 0 Å². The van der Waals surface area contributed by atoms with Crippen molar-refractivity contribution in [3.63, 3.8) is 0 Å². The Morgan fingerprint density at radius 1 is 0.371 bits per heavy atom. The molecule has 0 aliphatic carbocycles. The summed E-state index contributed by atoms with van der Waals surface area (Å²) < 4.78 is 0. The molecule has 5 rings (SSSR count). The number of hydrogen-bond donors (Lipinski definition) is 3. The molecule has 0 unspecified atom stereocenters. The maximum atomic E-state index is 9.75. The topological polar surface area (TPSA) is 40.5 Å². The lowest BCUT2D eigenvalue weighted by atomic mass is 10.3. The van der Waals surface area contributed by atoms with Gasteiger partial charge in [-0.05, 0) is 124 Å². The Kier molecular flexibility index (Phi) is 7.38. The van der Waals surface area contributed by atoms with Crippen molar-refractivity contribution in [3.8, 4) is 11.5 Å². The van der Waals surface area contributed by atoms with E-state index in [4.69, 9.17) is 0 Å². The highest BCUT2D eigenvalue weighted by molar-refractivity contribution is 8.17. The lowest BCUT2D eigenvalue weighted by Crippen LogP contribution is -1.88. The summed E-state index contributed by atoms with van der Waals surface area (Å²) in [6.45, 7) is 0. The zero-order valence-electron chi connectivity index (χ0n) is 18.8. The molecule has 0 radical (unpaired) electrons. The summed E-state index contributed by atoms with van der Waals surface area (Å²) in [7, 11) is -0.805. The number of aromatic hydroxyl groups is 2. The molecule has 0 amide bonds. The van der Waals surface area contributed by atoms with Crippen LogP contribution in [-0.4, -0.2) is 10.2 Å². The molecule has 0 saturated carbocycles. The molecular weight excluding hydrogens is 489 g/mol. The molecule has 0 bridgehead atoms. The molecule has 0 heterocycles. The van der Waals surface area contributed by atoms with Crippen LogP contribution in [0.4, 0.5) is 0 Å². The SMILES string of the molecule is Oc1ccc([SH](c2ccc(O)cc2)c2ccc(Sc3ccc(Sc4ccccc4)cc3)cc2)cc1. The highest BCUT2D eigenvalue weighted by atomic mass is 32.2. The molecule has 0 spiro atoms. The van der Waals surface area contributed by atoms with Crippen LogP contribution < -0.4 is 0 Å². The number of benzene rings is 5. The Morgan fingerprint density at radius 2 is 0.686 bits per heavy atom. The van der Waals surface area contributed by atoms with Crippen molar-refractivity contribution in [1.29, 1.82) is 0 Å². The van der Waals surface area contributed by atoms with Crippen molar-refractivity contribution in [1.82, 2.24) is 0 Å². The molecular formula is C30H24O2S3. The van der Waals surface area contributed by atoms with E-state index in [1.807, 2.05) is 30.3 Å². The first-order chi connectivity index (χ1) is 17.1. The predicted octanol–water partition coefficient (Wildman–Crippen LogP) is 8.88. The molecule has 2 nitrogen and oxygen atoms in total. The average Bonchev–Trinajstić information content (AvgIpc) is 2.89. The van der Waals surface area contributed by atoms with Crippen LogP contribution in [0.1, 0.15) is 0 Å². The summed E-state index contributed by atoms with van der Waals surface area (Å²) in [4.78, 5) is 8.37. The Hall–Kier alpha value is -3.25. The Labute approximate surface area is 217 Å². The smallest absolute Gasteiger partial charge is 0.115 e. The van der Waals surface area contributed by atoms with Gasteiger partial charge in [-0.25, -0.2) is 0 Å². The maximum Gasteiger partial charge on any atom is 0.115 e. The van der Waals surface area contributed by atoms with Crippen LogP contribution in [0.25, 0.3) is 0 Å². The molecule has 0 atom stereocenters. The fraction of sp³-hybridized carbons (Fsp3) is 0. The van der Waals surface area contributed by atoms with Crippen LogP contribution >= 0.6 is 34.4 Å². The molecule has 35 heavy (non-hydrogen) atoms. The van der Waals surface area contributed by atoms with Gasteiger partial charge >= 0.3 is 0 Å². The van der Waals surface area contributed by atoms with Gasteiger partial charge in [0.25, 0.3) is 0 Å². The molecule has 5 aromatic rings. The summed E-state index contributed by atoms with van der Waals surface area (Å²) in [5.74, 6) is 0.517. The van der Waals surface area contributed by atoms with Crippen molar-refractivity contribution < 1.29 is 10.2 Å². The average molecular weight is 513 g/mol. The van der Waals surface area contributed by atoms with E-state index in [1.165, 1.54) is 24.5 Å². The van der Waals surface area contributed by atoms with Crippen LogP contribution in [-0.2, 0) is 0 Å². The molecule has 0 aliphatic heterocycles. The summed E-state index contributed by atoms with van der Waals surface area (Å²) in [6.07, 6.45) is 0. The molecule has 0 aromatic heterocycles. The van der Waals surface area contributed by atoms with Gasteiger partial charge in [0.1, 0.15) is 11.5 Å². The highest BCUT2D eigenvalue weighted by Gasteiger charge is 2.13. The van der Waals surface area contributed by atoms with E-state index >= 15 is 0 Å². The quantitative estimate of drug-likeness (QED) is 0.190. The Bertz CT molecular complexity index is 1320. The minimum Gasteiger partial charge on any atom is -0.508 e. The summed E-state index contributed by atoms with van der Waals surface area (Å²) in [5.41, 5.74) is 0. The monoisotopic (exact) mass is 512 g/mol. The summed E-state index contributed by atoms with van der Waals surface area (Å²) >= 11 is 3.52. The zero-order chi connectivity index (χ0) is 24.0. The van der Waals surface area contributed by atoms with E-state index in [9.17, 15) is 10.2 Å². The molecule has 0 saturated heterocycles. The first kappa shape index (κ1) is 23.5. The van der Waals surface area contributed by atoms with Gasteiger partial charge in [0.15, 0.2) is 0 Å². The second-order valence-corrected chi connectivity index (χ2v) is 12.4. The molecule has 174 valence electrons. The van der Waals surface area contributed by atoms with Crippen molar-refractivity contribution in [2.75, 3.05) is 0 Å². The minimum atomic E-state index is -0.805. The van der Waals surface area contributed by atoms with Crippen LogP contribution in [0, 0.1) is 0 Å². The van der Waals surface area contributed by atoms with E-state index in [0.717, 1.165) is 9.79 Å². The first-order valence-corrected chi connectivity index (χ1v) is 14.1. The predicted molar refractivity (Wildman–Crippen MR) is 148 cm³/mol. The molecule has 5 aromatic carbocycles. The number of phenols is 2. The van der Waals surface area contributed by atoms with Gasteiger partial charge < -0.3 is 10.2 Å². The largest absolute Gasteiger partial charge is 0.508 e. The number of thiol groups is 1. The van der Waals surface area contributed by atoms with Crippen molar-refractivity contribution in [3.05, 3.63) is 127 Å². The Morgan fingerprint density at radius 3 is 1.09 bits per heavy atom. The Balaban J connectivity index is 1.34. The lowest BCUT2D eigenvalue weighted by molar-refractivity contribution is 0.474. The molecule has 0 aliphatic rings. The standard InChI is InChI=1S/C30H24O2S3/c31-22-6-16-28(17-7-22)35(29-18-8-23(32)9-19-29)30-20-14-27(15-21-30)34-26-12-10-25(11-13-26)33-24-4-2-1-3-5-24/h1-21,31-32,35H. The van der Waals surface area contributed by atoms with E-state index in [1.54, 1.807) is 47.8 Å². The van der Waals surface area contributed by atoms with Crippen molar-refractivity contribution >= 4 is 34.4 Å². The van der Waals surface area contributed by atoms with Crippen LogP contribution in [0.5, 0.6) is 11.5 Å². The van der Waals surface area contributed by atoms with Gasteiger partial charge in [0, 0.05) is 19.6 Å². The van der Waals surface area contributed by atoms with Crippen molar-refractivity contribution in [2.45, 2.75) is 34.3 Å². The molecule has 5 heteroatoms. The summed E-state index contributed by atoms with van der Waals surface area (Å²) in [6, 6.07) is 42.6. The van der Waals surface area contributed by atoms with Crippen LogP contribution in [0.3, 0.4) is 0 Å². The third-order valence-corrected chi connectivity index (χ3v) is 9.82. The number of hydrogen-bond acceptors (Lipinski definition) is 4. The van der Waals surface area contributed by atoms with E-state index in [-0.39, 0.29) is 11.5 Å². The van der Waals surface area contributed by atoms with Gasteiger partial charge in [-0.2, -0.15) is 10.9 Å². The van der Waals surface area contributed by atoms with E-state index in [2.05, 4.69) is 72.8 Å². The normalized spacial score (nSPS) is 11.3. The minimum absolute atomic E-state index is 0.259. The van der Waals surface area contributed by atoms with Gasteiger partial charge in [-0.1, -0.05) is 41.7 Å². The van der Waals surface area contributed by atoms with E-state index < -0.39 is 10.9 Å². The third kappa shape index (κ3) is 6.06. The number of phenolic OH excluding ortho intramolecular Hbond substituents is 2. The second kappa shape index (κ2) is 11.0.